The van der Waals surface area contributed by atoms with E-state index in [9.17, 15) is 22.8 Å². The van der Waals surface area contributed by atoms with Crippen LogP contribution in [0.3, 0.4) is 0 Å². The molecule has 0 spiro atoms. The van der Waals surface area contributed by atoms with Crippen LogP contribution in [-0.4, -0.2) is 27.8 Å². The molecule has 0 aliphatic rings. The van der Waals surface area contributed by atoms with E-state index in [4.69, 9.17) is 23.2 Å². The van der Waals surface area contributed by atoms with E-state index < -0.39 is 23.6 Å². The number of carbonyl (C=O) groups excluding carboxylic acids is 2. The number of rotatable bonds is 6. The molecule has 0 aliphatic heterocycles. The molecular formula is C18H11Cl2F3N4O2S2. The number of hydrogen-bond acceptors (Lipinski definition) is 6. The van der Waals surface area contributed by atoms with Crippen molar-refractivity contribution in [2.24, 2.45) is 0 Å². The third-order valence-electron chi connectivity index (χ3n) is 3.60. The van der Waals surface area contributed by atoms with Crippen molar-refractivity contribution in [3.63, 3.8) is 0 Å². The minimum absolute atomic E-state index is 0.0315. The number of amides is 2. The maximum absolute atomic E-state index is 12.7. The van der Waals surface area contributed by atoms with Crippen LogP contribution in [0.1, 0.15) is 15.9 Å². The predicted octanol–water partition coefficient (Wildman–Crippen LogP) is 5.85. The highest BCUT2D eigenvalue weighted by Gasteiger charge is 2.30. The van der Waals surface area contributed by atoms with Gasteiger partial charge in [-0.05, 0) is 36.4 Å². The second-order valence-corrected chi connectivity index (χ2v) is 8.91. The van der Waals surface area contributed by atoms with E-state index >= 15 is 0 Å². The van der Waals surface area contributed by atoms with Crippen LogP contribution >= 0.6 is 46.3 Å². The third kappa shape index (κ3) is 6.57. The molecule has 0 fully saturated rings. The highest BCUT2D eigenvalue weighted by atomic mass is 35.5. The van der Waals surface area contributed by atoms with E-state index in [2.05, 4.69) is 20.8 Å². The van der Waals surface area contributed by atoms with E-state index in [1.165, 1.54) is 24.3 Å². The average molecular weight is 507 g/mol. The van der Waals surface area contributed by atoms with Gasteiger partial charge in [0, 0.05) is 10.7 Å². The number of thioether (sulfide) groups is 1. The van der Waals surface area contributed by atoms with Gasteiger partial charge in [-0.15, -0.1) is 10.2 Å². The van der Waals surface area contributed by atoms with Crippen LogP contribution in [0.2, 0.25) is 10.0 Å². The first kappa shape index (κ1) is 23.3. The quantitative estimate of drug-likeness (QED) is 0.323. The lowest BCUT2D eigenvalue weighted by molar-refractivity contribution is -0.137. The molecule has 2 N–H and O–H groups in total. The Bertz CT molecular complexity index is 1130. The van der Waals surface area contributed by atoms with Gasteiger partial charge in [0.1, 0.15) is 0 Å². The summed E-state index contributed by atoms with van der Waals surface area (Å²) in [6.07, 6.45) is -4.50. The SMILES string of the molecule is O=C(CSc1nnc(NC(=O)c2cc(Cl)ccc2Cl)s1)Nc1cccc(C(F)(F)F)c1. The molecule has 0 aliphatic carbocycles. The highest BCUT2D eigenvalue weighted by Crippen LogP contribution is 2.31. The van der Waals surface area contributed by atoms with E-state index in [1.807, 2.05) is 0 Å². The Kier molecular flexibility index (Phi) is 7.42. The summed E-state index contributed by atoms with van der Waals surface area (Å²) in [5.74, 6) is -1.16. The molecule has 13 heteroatoms. The first-order valence-corrected chi connectivity index (χ1v) is 10.9. The van der Waals surface area contributed by atoms with Crippen molar-refractivity contribution in [3.05, 3.63) is 63.6 Å². The molecule has 0 atom stereocenters. The fourth-order valence-corrected chi connectivity index (χ4v) is 4.17. The maximum atomic E-state index is 12.7. The molecule has 0 saturated heterocycles. The van der Waals surface area contributed by atoms with Crippen molar-refractivity contribution in [2.75, 3.05) is 16.4 Å². The van der Waals surface area contributed by atoms with Gasteiger partial charge in [-0.1, -0.05) is 52.4 Å². The van der Waals surface area contributed by atoms with Gasteiger partial charge in [0.2, 0.25) is 11.0 Å². The van der Waals surface area contributed by atoms with Crippen LogP contribution in [-0.2, 0) is 11.0 Å². The van der Waals surface area contributed by atoms with Crippen molar-refractivity contribution in [1.82, 2.24) is 10.2 Å². The Morgan fingerprint density at radius 1 is 1.06 bits per heavy atom. The Morgan fingerprint density at radius 3 is 2.58 bits per heavy atom. The first-order valence-electron chi connectivity index (χ1n) is 8.31. The Balaban J connectivity index is 1.55. The van der Waals surface area contributed by atoms with E-state index in [0.29, 0.717) is 9.36 Å². The zero-order chi connectivity index (χ0) is 22.6. The summed E-state index contributed by atoms with van der Waals surface area (Å²) >= 11 is 13.9. The molecule has 2 amide bonds. The number of alkyl halides is 3. The summed E-state index contributed by atoms with van der Waals surface area (Å²) in [6, 6.07) is 8.77. The number of nitrogens with one attached hydrogen (secondary N) is 2. The first-order chi connectivity index (χ1) is 14.6. The molecule has 31 heavy (non-hydrogen) atoms. The van der Waals surface area contributed by atoms with Gasteiger partial charge >= 0.3 is 6.18 Å². The zero-order valence-electron chi connectivity index (χ0n) is 15.2. The van der Waals surface area contributed by atoms with Gasteiger partial charge in [-0.2, -0.15) is 13.2 Å². The van der Waals surface area contributed by atoms with Crippen LogP contribution in [0.5, 0.6) is 0 Å². The number of carbonyl (C=O) groups is 2. The summed E-state index contributed by atoms with van der Waals surface area (Å²) in [5, 5.41) is 13.3. The van der Waals surface area contributed by atoms with Gasteiger partial charge in [-0.3, -0.25) is 14.9 Å². The summed E-state index contributed by atoms with van der Waals surface area (Å²) < 4.78 is 38.6. The van der Waals surface area contributed by atoms with Crippen molar-refractivity contribution in [2.45, 2.75) is 10.5 Å². The second-order valence-electron chi connectivity index (χ2n) is 5.87. The topological polar surface area (TPSA) is 84.0 Å². The number of aromatic nitrogens is 2. The molecule has 3 rings (SSSR count). The molecule has 2 aromatic carbocycles. The number of hydrogen-bond donors (Lipinski definition) is 2. The van der Waals surface area contributed by atoms with Crippen molar-refractivity contribution >= 4 is 68.9 Å². The number of anilines is 2. The molecule has 6 nitrogen and oxygen atoms in total. The van der Waals surface area contributed by atoms with Crippen molar-refractivity contribution in [3.8, 4) is 0 Å². The van der Waals surface area contributed by atoms with E-state index in [-0.39, 0.29) is 27.2 Å². The lowest BCUT2D eigenvalue weighted by atomic mass is 10.2. The molecule has 0 unspecified atom stereocenters. The van der Waals surface area contributed by atoms with Crippen molar-refractivity contribution in [1.29, 1.82) is 0 Å². The monoisotopic (exact) mass is 506 g/mol. The number of benzene rings is 2. The minimum atomic E-state index is -4.50. The molecule has 0 bridgehead atoms. The molecule has 0 radical (unpaired) electrons. The highest BCUT2D eigenvalue weighted by molar-refractivity contribution is 8.01. The summed E-state index contributed by atoms with van der Waals surface area (Å²) in [7, 11) is 0. The van der Waals surface area contributed by atoms with Gasteiger partial charge in [0.25, 0.3) is 5.91 Å². The van der Waals surface area contributed by atoms with Crippen molar-refractivity contribution < 1.29 is 22.8 Å². The predicted molar refractivity (Wildman–Crippen MR) is 115 cm³/mol. The average Bonchev–Trinajstić information content (AvgIpc) is 3.15. The van der Waals surface area contributed by atoms with Crippen LogP contribution in [0.25, 0.3) is 0 Å². The molecular weight excluding hydrogens is 496 g/mol. The van der Waals surface area contributed by atoms with Gasteiger partial charge < -0.3 is 5.32 Å². The largest absolute Gasteiger partial charge is 0.416 e. The number of halogens is 5. The third-order valence-corrected chi connectivity index (χ3v) is 6.14. The Hall–Kier alpha value is -2.34. The van der Waals surface area contributed by atoms with Crippen LogP contribution in [0.4, 0.5) is 24.0 Å². The molecule has 3 aromatic rings. The van der Waals surface area contributed by atoms with Gasteiger partial charge in [0.15, 0.2) is 4.34 Å². The normalized spacial score (nSPS) is 11.3. The van der Waals surface area contributed by atoms with E-state index in [1.54, 1.807) is 6.07 Å². The Morgan fingerprint density at radius 2 is 1.84 bits per heavy atom. The van der Waals surface area contributed by atoms with Gasteiger partial charge in [-0.25, -0.2) is 0 Å². The minimum Gasteiger partial charge on any atom is -0.325 e. The van der Waals surface area contributed by atoms with Crippen LogP contribution in [0.15, 0.2) is 46.8 Å². The summed E-state index contributed by atoms with van der Waals surface area (Å²) in [6.45, 7) is 0. The fraction of sp³-hybridized carbons (Fsp3) is 0.111. The maximum Gasteiger partial charge on any atom is 0.416 e. The second kappa shape index (κ2) is 9.86. The fourth-order valence-electron chi connectivity index (χ4n) is 2.25. The van der Waals surface area contributed by atoms with Crippen LogP contribution < -0.4 is 10.6 Å². The zero-order valence-corrected chi connectivity index (χ0v) is 18.3. The molecule has 1 aromatic heterocycles. The Labute approximate surface area is 192 Å². The van der Waals surface area contributed by atoms with Gasteiger partial charge in [0.05, 0.1) is 21.9 Å². The van der Waals surface area contributed by atoms with E-state index in [0.717, 1.165) is 35.2 Å². The smallest absolute Gasteiger partial charge is 0.325 e. The standard InChI is InChI=1S/C18H11Cl2F3N4O2S2/c19-10-4-5-13(20)12(7-10)15(29)25-16-26-27-17(31-16)30-8-14(28)24-11-3-1-2-9(6-11)18(21,22)23/h1-7H,8H2,(H,24,28)(H,25,26,29). The lowest BCUT2D eigenvalue weighted by Gasteiger charge is -2.09. The van der Waals surface area contributed by atoms with Crippen LogP contribution in [0, 0.1) is 0 Å². The number of nitrogens with zero attached hydrogens (tertiary/aromatic N) is 2. The molecule has 1 heterocycles. The lowest BCUT2D eigenvalue weighted by Crippen LogP contribution is -2.15. The molecule has 0 saturated carbocycles. The summed E-state index contributed by atoms with van der Waals surface area (Å²) in [4.78, 5) is 24.3. The summed E-state index contributed by atoms with van der Waals surface area (Å²) in [5.41, 5.74) is -0.662. The molecule has 162 valence electrons.